The van der Waals surface area contributed by atoms with Gasteiger partial charge in [-0.05, 0) is 19.8 Å². The number of nitrogens with one attached hydrogen (secondary N) is 1. The van der Waals surface area contributed by atoms with E-state index >= 15 is 0 Å². The topological polar surface area (TPSA) is 58.0 Å². The van der Waals surface area contributed by atoms with Crippen LogP contribution in [0.2, 0.25) is 5.15 Å². The SMILES string of the molecule is Cc1nc(Cl)cc(NCC2(O)CCCCC2)n1. The monoisotopic (exact) mass is 255 g/mol. The van der Waals surface area contributed by atoms with E-state index in [0.29, 0.717) is 23.3 Å². The lowest BCUT2D eigenvalue weighted by Crippen LogP contribution is -2.38. The van der Waals surface area contributed by atoms with Gasteiger partial charge in [-0.2, -0.15) is 0 Å². The second kappa shape index (κ2) is 5.19. The van der Waals surface area contributed by atoms with E-state index in [0.717, 1.165) is 25.7 Å². The Balaban J connectivity index is 1.96. The molecule has 1 aliphatic rings. The van der Waals surface area contributed by atoms with E-state index in [1.165, 1.54) is 6.42 Å². The van der Waals surface area contributed by atoms with Crippen LogP contribution in [0.3, 0.4) is 0 Å². The maximum absolute atomic E-state index is 10.3. The first-order chi connectivity index (χ1) is 8.07. The zero-order chi connectivity index (χ0) is 12.3. The van der Waals surface area contributed by atoms with Gasteiger partial charge in [0.1, 0.15) is 16.8 Å². The highest BCUT2D eigenvalue weighted by Gasteiger charge is 2.28. The average Bonchev–Trinajstić information content (AvgIpc) is 2.26. The molecule has 0 aromatic carbocycles. The van der Waals surface area contributed by atoms with Crippen molar-refractivity contribution in [3.63, 3.8) is 0 Å². The van der Waals surface area contributed by atoms with Crippen molar-refractivity contribution in [3.05, 3.63) is 17.0 Å². The zero-order valence-electron chi connectivity index (χ0n) is 10.0. The summed E-state index contributed by atoms with van der Waals surface area (Å²) in [5.74, 6) is 1.32. The normalized spacial score (nSPS) is 19.0. The Labute approximate surface area is 106 Å². The minimum Gasteiger partial charge on any atom is -0.388 e. The van der Waals surface area contributed by atoms with Crippen LogP contribution in [0.15, 0.2) is 6.07 Å². The van der Waals surface area contributed by atoms with Gasteiger partial charge < -0.3 is 10.4 Å². The zero-order valence-corrected chi connectivity index (χ0v) is 10.8. The third kappa shape index (κ3) is 3.54. The molecule has 5 heteroatoms. The largest absolute Gasteiger partial charge is 0.388 e. The van der Waals surface area contributed by atoms with E-state index < -0.39 is 5.60 Å². The van der Waals surface area contributed by atoms with Gasteiger partial charge >= 0.3 is 0 Å². The first-order valence-electron chi connectivity index (χ1n) is 6.05. The smallest absolute Gasteiger partial charge is 0.134 e. The minimum absolute atomic E-state index is 0.427. The van der Waals surface area contributed by atoms with Gasteiger partial charge in [0.05, 0.1) is 5.60 Å². The van der Waals surface area contributed by atoms with Gasteiger partial charge in [0.25, 0.3) is 0 Å². The quantitative estimate of drug-likeness (QED) is 0.815. The summed E-state index contributed by atoms with van der Waals surface area (Å²) in [6.45, 7) is 2.33. The number of anilines is 1. The number of hydrogen-bond acceptors (Lipinski definition) is 4. The van der Waals surface area contributed by atoms with E-state index in [9.17, 15) is 5.11 Å². The number of hydrogen-bond donors (Lipinski definition) is 2. The third-order valence-electron chi connectivity index (χ3n) is 3.19. The highest BCUT2D eigenvalue weighted by molar-refractivity contribution is 6.29. The number of aryl methyl sites for hydroxylation is 1. The van der Waals surface area contributed by atoms with Crippen LogP contribution in [0.5, 0.6) is 0 Å². The van der Waals surface area contributed by atoms with Gasteiger partial charge in [0.15, 0.2) is 0 Å². The lowest BCUT2D eigenvalue weighted by atomic mass is 9.85. The van der Waals surface area contributed by atoms with Crippen molar-refractivity contribution < 1.29 is 5.11 Å². The molecule has 2 rings (SSSR count). The Morgan fingerprint density at radius 1 is 1.35 bits per heavy atom. The Bertz CT molecular complexity index is 371. The summed E-state index contributed by atoms with van der Waals surface area (Å²) in [4.78, 5) is 8.23. The van der Waals surface area contributed by atoms with Gasteiger partial charge in [-0.1, -0.05) is 30.9 Å². The summed E-state index contributed by atoms with van der Waals surface area (Å²) in [5.41, 5.74) is -0.594. The molecule has 0 radical (unpaired) electrons. The molecule has 1 aliphatic carbocycles. The highest BCUT2D eigenvalue weighted by Crippen LogP contribution is 2.28. The lowest BCUT2D eigenvalue weighted by Gasteiger charge is -2.32. The molecule has 94 valence electrons. The van der Waals surface area contributed by atoms with Gasteiger partial charge in [-0.3, -0.25) is 0 Å². The molecule has 0 saturated heterocycles. The minimum atomic E-state index is -0.594. The molecule has 0 bridgehead atoms. The Hall–Kier alpha value is -0.870. The van der Waals surface area contributed by atoms with Crippen molar-refractivity contribution in [3.8, 4) is 0 Å². The van der Waals surface area contributed by atoms with Crippen molar-refractivity contribution >= 4 is 17.4 Å². The van der Waals surface area contributed by atoms with Crippen LogP contribution in [0.4, 0.5) is 5.82 Å². The third-order valence-corrected chi connectivity index (χ3v) is 3.38. The molecular formula is C12H18ClN3O. The van der Waals surface area contributed by atoms with Gasteiger partial charge in [0.2, 0.25) is 0 Å². The van der Waals surface area contributed by atoms with Gasteiger partial charge in [0, 0.05) is 12.6 Å². The maximum atomic E-state index is 10.3. The van der Waals surface area contributed by atoms with Crippen LogP contribution in [-0.4, -0.2) is 27.2 Å². The molecule has 2 N–H and O–H groups in total. The van der Waals surface area contributed by atoms with Crippen LogP contribution in [0, 0.1) is 6.92 Å². The second-order valence-electron chi connectivity index (χ2n) is 4.76. The molecule has 17 heavy (non-hydrogen) atoms. The fraction of sp³-hybridized carbons (Fsp3) is 0.667. The van der Waals surface area contributed by atoms with E-state index in [2.05, 4.69) is 15.3 Å². The second-order valence-corrected chi connectivity index (χ2v) is 5.15. The molecule has 0 aliphatic heterocycles. The highest BCUT2D eigenvalue weighted by atomic mass is 35.5. The Morgan fingerprint density at radius 3 is 2.71 bits per heavy atom. The van der Waals surface area contributed by atoms with Crippen LogP contribution in [0.25, 0.3) is 0 Å². The average molecular weight is 256 g/mol. The fourth-order valence-electron chi connectivity index (χ4n) is 2.26. The standard InChI is InChI=1S/C12H18ClN3O/c1-9-15-10(13)7-11(16-9)14-8-12(17)5-3-2-4-6-12/h7,17H,2-6,8H2,1H3,(H,14,15,16). The molecule has 1 heterocycles. The Kier molecular flexibility index (Phi) is 3.84. The van der Waals surface area contributed by atoms with Crippen molar-refractivity contribution in [1.29, 1.82) is 0 Å². The molecule has 1 saturated carbocycles. The maximum Gasteiger partial charge on any atom is 0.134 e. The summed E-state index contributed by atoms with van der Waals surface area (Å²) < 4.78 is 0. The Morgan fingerprint density at radius 2 is 2.06 bits per heavy atom. The van der Waals surface area contributed by atoms with Crippen LogP contribution in [0.1, 0.15) is 37.9 Å². The van der Waals surface area contributed by atoms with Gasteiger partial charge in [-0.25, -0.2) is 9.97 Å². The molecule has 1 aromatic heterocycles. The van der Waals surface area contributed by atoms with Crippen molar-refractivity contribution in [2.24, 2.45) is 0 Å². The summed E-state index contributed by atoms with van der Waals surface area (Å²) in [7, 11) is 0. The predicted molar refractivity (Wildman–Crippen MR) is 68.3 cm³/mol. The van der Waals surface area contributed by atoms with E-state index in [4.69, 9.17) is 11.6 Å². The predicted octanol–water partition coefficient (Wildman–Crippen LogP) is 2.55. The fourth-order valence-corrected chi connectivity index (χ4v) is 2.49. The van der Waals surface area contributed by atoms with Crippen LogP contribution >= 0.6 is 11.6 Å². The molecular weight excluding hydrogens is 238 g/mol. The molecule has 4 nitrogen and oxygen atoms in total. The van der Waals surface area contributed by atoms with Gasteiger partial charge in [-0.15, -0.1) is 0 Å². The molecule has 0 amide bonds. The number of halogens is 1. The number of aromatic nitrogens is 2. The molecule has 1 fully saturated rings. The summed E-state index contributed by atoms with van der Waals surface area (Å²) in [6, 6.07) is 1.68. The summed E-state index contributed by atoms with van der Waals surface area (Å²) in [5, 5.41) is 13.9. The van der Waals surface area contributed by atoms with Crippen molar-refractivity contribution in [2.75, 3.05) is 11.9 Å². The molecule has 1 aromatic rings. The lowest BCUT2D eigenvalue weighted by molar-refractivity contribution is 0.0166. The molecule has 0 atom stereocenters. The summed E-state index contributed by atoms with van der Waals surface area (Å²) >= 11 is 5.85. The van der Waals surface area contributed by atoms with E-state index in [-0.39, 0.29) is 0 Å². The number of rotatable bonds is 3. The summed E-state index contributed by atoms with van der Waals surface area (Å²) in [6.07, 6.45) is 5.14. The van der Waals surface area contributed by atoms with Crippen LogP contribution < -0.4 is 5.32 Å². The van der Waals surface area contributed by atoms with E-state index in [1.54, 1.807) is 13.0 Å². The molecule has 0 spiro atoms. The first kappa shape index (κ1) is 12.6. The first-order valence-corrected chi connectivity index (χ1v) is 6.43. The van der Waals surface area contributed by atoms with E-state index in [1.807, 2.05) is 0 Å². The van der Waals surface area contributed by atoms with Crippen molar-refractivity contribution in [1.82, 2.24) is 9.97 Å². The number of nitrogens with zero attached hydrogens (tertiary/aromatic N) is 2. The molecule has 0 unspecified atom stereocenters. The van der Waals surface area contributed by atoms with Crippen LogP contribution in [-0.2, 0) is 0 Å². The van der Waals surface area contributed by atoms with Crippen molar-refractivity contribution in [2.45, 2.75) is 44.6 Å². The number of aliphatic hydroxyl groups is 1.